The van der Waals surface area contributed by atoms with Gasteiger partial charge in [-0.25, -0.2) is 0 Å². The number of hydrogen-bond acceptors (Lipinski definition) is 5. The van der Waals surface area contributed by atoms with Crippen LogP contribution in [0.25, 0.3) is 12.2 Å². The average Bonchev–Trinajstić information content (AvgIpc) is 3.69. The number of anilines is 2. The number of benzene rings is 2. The lowest BCUT2D eigenvalue weighted by molar-refractivity contribution is -0.136. The van der Waals surface area contributed by atoms with Crippen LogP contribution >= 0.6 is 0 Å². The van der Waals surface area contributed by atoms with E-state index in [1.165, 1.54) is 6.92 Å². The SMILES string of the molecule is CC(=O)N1CCC[C@H]1C(=O)Nc1ccc(/C=C/c2ccc(NC(=O)[C@@H]3CCCN3C(=O)Cc3ccncc3)cc2)cc1. The summed E-state index contributed by atoms with van der Waals surface area (Å²) in [5.41, 5.74) is 4.18. The first kappa shape index (κ1) is 28.7. The molecule has 0 radical (unpaired) electrons. The topological polar surface area (TPSA) is 112 Å². The number of nitrogens with zero attached hydrogens (tertiary/aromatic N) is 3. The van der Waals surface area contributed by atoms with E-state index in [0.29, 0.717) is 37.3 Å². The van der Waals surface area contributed by atoms with Crippen molar-refractivity contribution in [1.29, 1.82) is 0 Å². The maximum Gasteiger partial charge on any atom is 0.247 e. The van der Waals surface area contributed by atoms with Crippen molar-refractivity contribution < 1.29 is 19.2 Å². The third-order valence-corrected chi connectivity index (χ3v) is 7.77. The summed E-state index contributed by atoms with van der Waals surface area (Å²) in [5, 5.41) is 5.88. The summed E-state index contributed by atoms with van der Waals surface area (Å²) in [6.07, 6.45) is 10.5. The molecule has 2 aliphatic rings. The van der Waals surface area contributed by atoms with E-state index in [1.807, 2.05) is 72.8 Å². The minimum atomic E-state index is -0.474. The zero-order valence-corrected chi connectivity index (χ0v) is 23.7. The summed E-state index contributed by atoms with van der Waals surface area (Å²) in [7, 11) is 0. The number of rotatable bonds is 8. The Bertz CT molecular complexity index is 1450. The number of pyridine rings is 1. The van der Waals surface area contributed by atoms with Gasteiger partial charge in [0.15, 0.2) is 0 Å². The largest absolute Gasteiger partial charge is 0.331 e. The van der Waals surface area contributed by atoms with Crippen LogP contribution in [0.4, 0.5) is 11.4 Å². The van der Waals surface area contributed by atoms with Gasteiger partial charge in [0.1, 0.15) is 12.1 Å². The van der Waals surface area contributed by atoms with Crippen LogP contribution < -0.4 is 10.6 Å². The number of aromatic nitrogens is 1. The molecule has 1 aromatic heterocycles. The molecule has 9 heteroatoms. The van der Waals surface area contributed by atoms with E-state index >= 15 is 0 Å². The molecule has 0 aliphatic carbocycles. The van der Waals surface area contributed by atoms with Gasteiger partial charge in [0.25, 0.3) is 0 Å². The van der Waals surface area contributed by atoms with Crippen molar-refractivity contribution in [3.63, 3.8) is 0 Å². The molecule has 4 amide bonds. The molecule has 2 atom stereocenters. The van der Waals surface area contributed by atoms with Crippen molar-refractivity contribution in [1.82, 2.24) is 14.8 Å². The van der Waals surface area contributed by atoms with Crippen molar-refractivity contribution >= 4 is 47.2 Å². The molecular weight excluding hydrogens is 530 g/mol. The Hall–Kier alpha value is -4.79. The number of likely N-dealkylation sites (tertiary alicyclic amines) is 2. The third-order valence-electron chi connectivity index (χ3n) is 7.77. The molecule has 2 aliphatic heterocycles. The monoisotopic (exact) mass is 565 g/mol. The van der Waals surface area contributed by atoms with Gasteiger partial charge in [0.05, 0.1) is 6.42 Å². The second-order valence-corrected chi connectivity index (χ2v) is 10.7. The summed E-state index contributed by atoms with van der Waals surface area (Å²) in [6, 6.07) is 17.8. The summed E-state index contributed by atoms with van der Waals surface area (Å²) in [4.78, 5) is 57.6. The van der Waals surface area contributed by atoms with Crippen LogP contribution in [0.1, 0.15) is 49.3 Å². The highest BCUT2D eigenvalue weighted by atomic mass is 16.2. The van der Waals surface area contributed by atoms with E-state index in [9.17, 15) is 19.2 Å². The fraction of sp³-hybridized carbons (Fsp3) is 0.303. The molecule has 216 valence electrons. The Morgan fingerprint density at radius 1 is 0.738 bits per heavy atom. The molecule has 9 nitrogen and oxygen atoms in total. The van der Waals surface area contributed by atoms with Gasteiger partial charge in [-0.05, 0) is 78.8 Å². The number of amides is 4. The smallest absolute Gasteiger partial charge is 0.247 e. The van der Waals surface area contributed by atoms with Crippen molar-refractivity contribution in [2.75, 3.05) is 23.7 Å². The van der Waals surface area contributed by atoms with Crippen LogP contribution in [0.2, 0.25) is 0 Å². The first-order valence-electron chi connectivity index (χ1n) is 14.3. The maximum absolute atomic E-state index is 13.0. The number of carbonyl (C=O) groups excluding carboxylic acids is 4. The number of hydrogen-bond donors (Lipinski definition) is 2. The van der Waals surface area contributed by atoms with Gasteiger partial charge >= 0.3 is 0 Å². The van der Waals surface area contributed by atoms with Gasteiger partial charge < -0.3 is 20.4 Å². The lowest BCUT2D eigenvalue weighted by atomic mass is 10.1. The summed E-state index contributed by atoms with van der Waals surface area (Å²) < 4.78 is 0. The first-order chi connectivity index (χ1) is 20.4. The zero-order chi connectivity index (χ0) is 29.5. The molecule has 2 N–H and O–H groups in total. The van der Waals surface area contributed by atoms with Gasteiger partial charge in [-0.15, -0.1) is 0 Å². The first-order valence-corrected chi connectivity index (χ1v) is 14.3. The second-order valence-electron chi connectivity index (χ2n) is 10.7. The highest BCUT2D eigenvalue weighted by Crippen LogP contribution is 2.22. The molecule has 2 saturated heterocycles. The van der Waals surface area contributed by atoms with E-state index in [0.717, 1.165) is 29.5 Å². The second kappa shape index (κ2) is 13.2. The molecule has 3 aromatic rings. The fourth-order valence-corrected chi connectivity index (χ4v) is 5.53. The molecule has 3 heterocycles. The predicted molar refractivity (Wildman–Crippen MR) is 162 cm³/mol. The quantitative estimate of drug-likeness (QED) is 0.394. The normalized spacial score (nSPS) is 18.3. The number of carbonyl (C=O) groups is 4. The van der Waals surface area contributed by atoms with E-state index in [1.54, 1.807) is 22.2 Å². The van der Waals surface area contributed by atoms with Crippen molar-refractivity contribution in [2.24, 2.45) is 0 Å². The van der Waals surface area contributed by atoms with Gasteiger partial charge in [0, 0.05) is 43.8 Å². The van der Waals surface area contributed by atoms with E-state index < -0.39 is 12.1 Å². The van der Waals surface area contributed by atoms with E-state index in [4.69, 9.17) is 0 Å². The molecular formula is C33H35N5O4. The summed E-state index contributed by atoms with van der Waals surface area (Å²) in [5.74, 6) is -0.458. The van der Waals surface area contributed by atoms with E-state index in [-0.39, 0.29) is 30.0 Å². The Labute approximate surface area is 245 Å². The Balaban J connectivity index is 1.12. The van der Waals surface area contributed by atoms with Crippen LogP contribution in [0.15, 0.2) is 73.1 Å². The third kappa shape index (κ3) is 7.09. The standard InChI is InChI=1S/C33H35N5O4/c1-23(39)37-20-2-4-29(37)32(41)35-27-12-8-24(9-13-27)6-7-25-10-14-28(15-11-25)36-33(42)30-5-3-21-38(30)31(40)22-26-16-18-34-19-17-26/h6-19,29-30H,2-5,20-22H2,1H3,(H,35,41)(H,36,42)/b7-6+/t29-,30-/m0/s1. The molecule has 5 rings (SSSR count). The fourth-order valence-electron chi connectivity index (χ4n) is 5.53. The minimum Gasteiger partial charge on any atom is -0.331 e. The lowest BCUT2D eigenvalue weighted by Gasteiger charge is -2.24. The Morgan fingerprint density at radius 2 is 1.21 bits per heavy atom. The molecule has 42 heavy (non-hydrogen) atoms. The molecule has 2 aromatic carbocycles. The summed E-state index contributed by atoms with van der Waals surface area (Å²) >= 11 is 0. The van der Waals surface area contributed by atoms with Crippen LogP contribution in [-0.4, -0.2) is 63.6 Å². The van der Waals surface area contributed by atoms with Crippen LogP contribution in [0.3, 0.4) is 0 Å². The molecule has 0 saturated carbocycles. The molecule has 2 fully saturated rings. The van der Waals surface area contributed by atoms with Crippen molar-refractivity contribution in [3.05, 3.63) is 89.7 Å². The summed E-state index contributed by atoms with van der Waals surface area (Å²) in [6.45, 7) is 2.70. The molecule has 0 spiro atoms. The van der Waals surface area contributed by atoms with Gasteiger partial charge in [0.2, 0.25) is 23.6 Å². The van der Waals surface area contributed by atoms with Crippen LogP contribution in [0, 0.1) is 0 Å². The van der Waals surface area contributed by atoms with Gasteiger partial charge in [-0.2, -0.15) is 0 Å². The van der Waals surface area contributed by atoms with Gasteiger partial charge in [-0.3, -0.25) is 24.2 Å². The van der Waals surface area contributed by atoms with Crippen molar-refractivity contribution in [3.8, 4) is 0 Å². The van der Waals surface area contributed by atoms with Crippen LogP contribution in [0.5, 0.6) is 0 Å². The molecule has 0 unspecified atom stereocenters. The maximum atomic E-state index is 13.0. The highest BCUT2D eigenvalue weighted by Gasteiger charge is 2.34. The van der Waals surface area contributed by atoms with Crippen LogP contribution in [-0.2, 0) is 25.6 Å². The number of nitrogens with one attached hydrogen (secondary N) is 2. The Kier molecular flexibility index (Phi) is 9.06. The zero-order valence-electron chi connectivity index (χ0n) is 23.7. The Morgan fingerprint density at radius 3 is 1.71 bits per heavy atom. The highest BCUT2D eigenvalue weighted by molar-refractivity contribution is 5.98. The molecule has 0 bridgehead atoms. The lowest BCUT2D eigenvalue weighted by Crippen LogP contribution is -2.43. The average molecular weight is 566 g/mol. The minimum absolute atomic E-state index is 0.0526. The predicted octanol–water partition coefficient (Wildman–Crippen LogP) is 4.37. The van der Waals surface area contributed by atoms with E-state index in [2.05, 4.69) is 15.6 Å². The van der Waals surface area contributed by atoms with Crippen molar-refractivity contribution in [2.45, 2.75) is 51.1 Å². The van der Waals surface area contributed by atoms with Gasteiger partial charge in [-0.1, -0.05) is 36.4 Å².